The Labute approximate surface area is 139 Å². The molecule has 1 rings (SSSR count). The molecular formula is C18H18F3NS. The summed E-state index contributed by atoms with van der Waals surface area (Å²) in [5, 5.41) is 0. The Balaban J connectivity index is 3.12. The van der Waals surface area contributed by atoms with Gasteiger partial charge in [-0.1, -0.05) is 31.6 Å². The van der Waals surface area contributed by atoms with Gasteiger partial charge in [0.2, 0.25) is 0 Å². The van der Waals surface area contributed by atoms with Gasteiger partial charge in [0.05, 0.1) is 17.0 Å². The maximum absolute atomic E-state index is 12.6. The zero-order chi connectivity index (χ0) is 17.5. The lowest BCUT2D eigenvalue weighted by Crippen LogP contribution is -2.09. The number of terminal acetylenes is 1. The first-order valence-electron chi connectivity index (χ1n) is 6.98. The van der Waals surface area contributed by atoms with E-state index >= 15 is 0 Å². The predicted molar refractivity (Wildman–Crippen MR) is 91.3 cm³/mol. The molecule has 1 heterocycles. The molecular weight excluding hydrogens is 319 g/mol. The number of rotatable bonds is 6. The highest BCUT2D eigenvalue weighted by molar-refractivity contribution is 7.99. The molecule has 122 valence electrons. The number of allylic oxidation sites excluding steroid dienone is 4. The van der Waals surface area contributed by atoms with Crippen molar-refractivity contribution in [3.63, 3.8) is 0 Å². The number of hydrogen-bond acceptors (Lipinski definition) is 2. The summed E-state index contributed by atoms with van der Waals surface area (Å²) < 4.78 is 37.8. The minimum absolute atomic E-state index is 0.536. The van der Waals surface area contributed by atoms with Crippen molar-refractivity contribution in [2.75, 3.05) is 5.75 Å². The van der Waals surface area contributed by atoms with Gasteiger partial charge >= 0.3 is 6.18 Å². The molecule has 0 aromatic carbocycles. The Bertz CT molecular complexity index is 664. The fourth-order valence-electron chi connectivity index (χ4n) is 1.99. The van der Waals surface area contributed by atoms with Crippen LogP contribution >= 0.6 is 11.8 Å². The van der Waals surface area contributed by atoms with Crippen molar-refractivity contribution in [1.29, 1.82) is 0 Å². The Hall–Kier alpha value is -1.93. The molecule has 0 aliphatic carbocycles. The Morgan fingerprint density at radius 3 is 2.70 bits per heavy atom. The molecule has 0 aliphatic rings. The van der Waals surface area contributed by atoms with E-state index in [1.165, 1.54) is 17.8 Å². The lowest BCUT2D eigenvalue weighted by molar-refractivity contribution is -0.0881. The van der Waals surface area contributed by atoms with Gasteiger partial charge in [0.15, 0.2) is 0 Å². The molecule has 0 saturated heterocycles. The van der Waals surface area contributed by atoms with Crippen molar-refractivity contribution in [1.82, 2.24) is 4.98 Å². The molecule has 23 heavy (non-hydrogen) atoms. The van der Waals surface area contributed by atoms with Gasteiger partial charge in [0.1, 0.15) is 0 Å². The number of aryl methyl sites for hydroxylation is 1. The first-order valence-corrected chi connectivity index (χ1v) is 7.96. The molecule has 0 amide bonds. The van der Waals surface area contributed by atoms with E-state index in [2.05, 4.69) is 17.5 Å². The van der Waals surface area contributed by atoms with Gasteiger partial charge in [0.25, 0.3) is 0 Å². The third kappa shape index (κ3) is 5.65. The van der Waals surface area contributed by atoms with Crippen molar-refractivity contribution in [2.45, 2.75) is 31.3 Å². The largest absolute Gasteiger partial charge is 0.416 e. The maximum atomic E-state index is 12.6. The highest BCUT2D eigenvalue weighted by Gasteiger charge is 2.30. The molecule has 0 N–H and O–H groups in total. The topological polar surface area (TPSA) is 12.9 Å². The molecule has 1 aromatic rings. The summed E-state index contributed by atoms with van der Waals surface area (Å²) >= 11 is 1.53. The van der Waals surface area contributed by atoms with Crippen LogP contribution in [0.2, 0.25) is 0 Å². The zero-order valence-electron chi connectivity index (χ0n) is 13.1. The van der Waals surface area contributed by atoms with Crippen molar-refractivity contribution >= 4 is 17.8 Å². The molecule has 0 spiro atoms. The minimum atomic E-state index is -4.41. The average Bonchev–Trinajstić information content (AvgIpc) is 2.48. The first kappa shape index (κ1) is 19.1. The number of hydrogen-bond donors (Lipinski definition) is 0. The van der Waals surface area contributed by atoms with Crippen LogP contribution in [0.4, 0.5) is 13.2 Å². The van der Waals surface area contributed by atoms with Crippen LogP contribution in [0.15, 0.2) is 41.3 Å². The molecule has 1 aromatic heterocycles. The summed E-state index contributed by atoms with van der Waals surface area (Å²) in [5.74, 6) is 3.10. The fourth-order valence-corrected chi connectivity index (χ4v) is 2.89. The van der Waals surface area contributed by atoms with Crippen LogP contribution in [0, 0.1) is 19.3 Å². The van der Waals surface area contributed by atoms with Crippen LogP contribution in [0.1, 0.15) is 23.9 Å². The summed E-state index contributed by atoms with van der Waals surface area (Å²) in [6, 6.07) is 1.85. The molecule has 0 unspecified atom stereocenters. The monoisotopic (exact) mass is 337 g/mol. The molecule has 0 radical (unpaired) electrons. The molecule has 5 heteroatoms. The van der Waals surface area contributed by atoms with Gasteiger partial charge in [-0.3, -0.25) is 4.98 Å². The molecule has 0 atom stereocenters. The highest BCUT2D eigenvalue weighted by atomic mass is 32.2. The normalized spacial score (nSPS) is 12.4. The van der Waals surface area contributed by atoms with Gasteiger partial charge < -0.3 is 0 Å². The minimum Gasteiger partial charge on any atom is -0.253 e. The maximum Gasteiger partial charge on any atom is 0.416 e. The van der Waals surface area contributed by atoms with Crippen LogP contribution in [-0.2, 0) is 6.42 Å². The van der Waals surface area contributed by atoms with Crippen LogP contribution in [0.5, 0.6) is 0 Å². The number of halogens is 3. The van der Waals surface area contributed by atoms with Crippen LogP contribution in [0.25, 0.3) is 6.08 Å². The standard InChI is InChI=1S/C18H18F3NS/c1-5-11-23-17-12-15(22-13(4)16(17)7-3)10-8-9-14(6-2)18(19,20)21/h1,6,8-10,12H,2,7,11H2,3-4H3. The molecule has 0 bridgehead atoms. The van der Waals surface area contributed by atoms with Gasteiger partial charge in [-0.15, -0.1) is 18.2 Å². The third-order valence-corrected chi connectivity index (χ3v) is 4.05. The molecule has 0 fully saturated rings. The molecule has 0 aliphatic heterocycles. The SMILES string of the molecule is C#CCSc1cc(C=CC=C(C=C)C(F)(F)F)nc(C)c1CC. The lowest BCUT2D eigenvalue weighted by atomic mass is 10.1. The van der Waals surface area contributed by atoms with Crippen molar-refractivity contribution < 1.29 is 13.2 Å². The number of aromatic nitrogens is 1. The number of pyridine rings is 1. The van der Waals surface area contributed by atoms with Crippen molar-refractivity contribution in [2.24, 2.45) is 0 Å². The second-order valence-corrected chi connectivity index (χ2v) is 5.66. The number of nitrogens with zero attached hydrogens (tertiary/aromatic N) is 1. The van der Waals surface area contributed by atoms with Crippen LogP contribution in [-0.4, -0.2) is 16.9 Å². The second kappa shape index (κ2) is 8.64. The van der Waals surface area contributed by atoms with Gasteiger partial charge in [-0.05, 0) is 37.1 Å². The first-order chi connectivity index (χ1) is 10.8. The van der Waals surface area contributed by atoms with Gasteiger partial charge in [-0.2, -0.15) is 13.2 Å². The van der Waals surface area contributed by atoms with E-state index in [4.69, 9.17) is 6.42 Å². The summed E-state index contributed by atoms with van der Waals surface area (Å²) in [6.45, 7) is 7.09. The smallest absolute Gasteiger partial charge is 0.253 e. The van der Waals surface area contributed by atoms with Crippen molar-refractivity contribution in [3.05, 3.63) is 53.4 Å². The van der Waals surface area contributed by atoms with Gasteiger partial charge in [0, 0.05) is 10.6 Å². The summed E-state index contributed by atoms with van der Waals surface area (Å²) in [5.41, 5.74) is 1.77. The van der Waals surface area contributed by atoms with Crippen LogP contribution in [0.3, 0.4) is 0 Å². The van der Waals surface area contributed by atoms with E-state index in [1.54, 1.807) is 6.08 Å². The van der Waals surface area contributed by atoms with Crippen molar-refractivity contribution in [3.8, 4) is 12.3 Å². The third-order valence-electron chi connectivity index (χ3n) is 3.06. The van der Waals surface area contributed by atoms with E-state index in [0.717, 1.165) is 34.7 Å². The Morgan fingerprint density at radius 2 is 2.17 bits per heavy atom. The fraction of sp³-hybridized carbons (Fsp3) is 0.278. The quantitative estimate of drug-likeness (QED) is 0.393. The van der Waals surface area contributed by atoms with Crippen LogP contribution < -0.4 is 0 Å². The zero-order valence-corrected chi connectivity index (χ0v) is 13.9. The lowest BCUT2D eigenvalue weighted by Gasteiger charge is -2.10. The summed E-state index contributed by atoms with van der Waals surface area (Å²) in [6.07, 6.45) is 6.34. The van der Waals surface area contributed by atoms with E-state index in [1.807, 2.05) is 19.9 Å². The van der Waals surface area contributed by atoms with E-state index in [9.17, 15) is 13.2 Å². The Morgan fingerprint density at radius 1 is 1.48 bits per heavy atom. The average molecular weight is 337 g/mol. The molecule has 1 nitrogen and oxygen atoms in total. The number of thioether (sulfide) groups is 1. The highest BCUT2D eigenvalue weighted by Crippen LogP contribution is 2.27. The summed E-state index contributed by atoms with van der Waals surface area (Å²) in [4.78, 5) is 5.42. The van der Waals surface area contributed by atoms with Gasteiger partial charge in [-0.25, -0.2) is 0 Å². The van der Waals surface area contributed by atoms with E-state index in [0.29, 0.717) is 11.4 Å². The Kier molecular flexibility index (Phi) is 7.18. The van der Waals surface area contributed by atoms with E-state index in [-0.39, 0.29) is 0 Å². The van der Waals surface area contributed by atoms with E-state index < -0.39 is 11.7 Å². The summed E-state index contributed by atoms with van der Waals surface area (Å²) in [7, 11) is 0. The number of alkyl halides is 3. The predicted octanol–water partition coefficient (Wildman–Crippen LogP) is 5.37. The molecule has 0 saturated carbocycles. The second-order valence-electron chi connectivity index (χ2n) is 4.64.